The number of ketones is 1. The summed E-state index contributed by atoms with van der Waals surface area (Å²) in [6, 6.07) is 5.35. The molecule has 0 spiro atoms. The van der Waals surface area contributed by atoms with Crippen molar-refractivity contribution < 1.29 is 28.9 Å². The second-order valence-electron chi connectivity index (χ2n) is 4.72. The van der Waals surface area contributed by atoms with E-state index in [9.17, 15) is 9.59 Å². The highest BCUT2D eigenvalue weighted by molar-refractivity contribution is 7.20. The summed E-state index contributed by atoms with van der Waals surface area (Å²) in [7, 11) is 2.83. The Kier molecular flexibility index (Phi) is 5.95. The number of thiophene rings is 1. The van der Waals surface area contributed by atoms with Gasteiger partial charge in [-0.05, 0) is 17.5 Å². The summed E-state index contributed by atoms with van der Waals surface area (Å²) < 4.78 is 16.1. The molecule has 1 aromatic heterocycles. The van der Waals surface area contributed by atoms with E-state index in [1.807, 2.05) is 0 Å². The molecule has 0 unspecified atom stereocenters. The van der Waals surface area contributed by atoms with Crippen LogP contribution in [-0.4, -0.2) is 44.3 Å². The van der Waals surface area contributed by atoms with Crippen molar-refractivity contribution in [3.8, 4) is 11.5 Å². The van der Waals surface area contributed by atoms with E-state index in [1.54, 1.807) is 18.2 Å². The number of methoxy groups -OCH3 is 2. The first-order valence-corrected chi connectivity index (χ1v) is 7.86. The standard InChI is InChI=1S/C16H18O6S/c1-20-12-7-10-8-15(11(18)3-4-16(19)21-2)23-14(10)9-13(12)22-6-5-17/h7-9,17H,3-6H2,1-2H3. The van der Waals surface area contributed by atoms with Crippen molar-refractivity contribution >= 4 is 33.2 Å². The first-order valence-electron chi connectivity index (χ1n) is 7.04. The maximum atomic E-state index is 12.2. The van der Waals surface area contributed by atoms with Crippen LogP contribution >= 0.6 is 11.3 Å². The van der Waals surface area contributed by atoms with Gasteiger partial charge in [-0.3, -0.25) is 9.59 Å². The summed E-state index contributed by atoms with van der Waals surface area (Å²) in [6.07, 6.45) is 0.183. The molecule has 0 radical (unpaired) electrons. The molecule has 0 saturated carbocycles. The largest absolute Gasteiger partial charge is 0.493 e. The average Bonchev–Trinajstić information content (AvgIpc) is 2.99. The van der Waals surface area contributed by atoms with Crippen molar-refractivity contribution in [3.05, 3.63) is 23.1 Å². The minimum atomic E-state index is -0.402. The molecular weight excluding hydrogens is 320 g/mol. The van der Waals surface area contributed by atoms with Crippen LogP contribution in [0.3, 0.4) is 0 Å². The van der Waals surface area contributed by atoms with Crippen LogP contribution in [0.25, 0.3) is 10.1 Å². The molecule has 0 bridgehead atoms. The molecule has 0 amide bonds. The number of ether oxygens (including phenoxy) is 3. The highest BCUT2D eigenvalue weighted by atomic mass is 32.1. The minimum Gasteiger partial charge on any atom is -0.493 e. The predicted octanol–water partition coefficient (Wildman–Crippen LogP) is 2.42. The Hall–Kier alpha value is -2.12. The fourth-order valence-corrected chi connectivity index (χ4v) is 3.09. The van der Waals surface area contributed by atoms with Gasteiger partial charge in [0.1, 0.15) is 6.61 Å². The third-order valence-electron chi connectivity index (χ3n) is 3.21. The van der Waals surface area contributed by atoms with E-state index in [1.165, 1.54) is 25.6 Å². The van der Waals surface area contributed by atoms with E-state index in [2.05, 4.69) is 4.74 Å². The molecular formula is C16H18O6S. The Morgan fingerprint density at radius 2 is 1.91 bits per heavy atom. The number of aliphatic hydroxyl groups is 1. The number of aliphatic hydroxyl groups excluding tert-OH is 1. The quantitative estimate of drug-likeness (QED) is 0.588. The summed E-state index contributed by atoms with van der Waals surface area (Å²) >= 11 is 1.33. The van der Waals surface area contributed by atoms with Crippen LogP contribution in [-0.2, 0) is 9.53 Å². The predicted molar refractivity (Wildman–Crippen MR) is 86.5 cm³/mol. The number of hydrogen-bond donors (Lipinski definition) is 1. The van der Waals surface area contributed by atoms with Crippen LogP contribution in [0.1, 0.15) is 22.5 Å². The molecule has 7 heteroatoms. The molecule has 0 saturated heterocycles. The second-order valence-corrected chi connectivity index (χ2v) is 5.81. The van der Waals surface area contributed by atoms with Crippen LogP contribution in [0.5, 0.6) is 11.5 Å². The van der Waals surface area contributed by atoms with Gasteiger partial charge >= 0.3 is 5.97 Å². The zero-order valence-electron chi connectivity index (χ0n) is 13.0. The number of hydrogen-bond acceptors (Lipinski definition) is 7. The summed E-state index contributed by atoms with van der Waals surface area (Å²) in [6.45, 7) is 0.0705. The average molecular weight is 338 g/mol. The number of carbonyl (C=O) groups excluding carboxylic acids is 2. The van der Waals surface area contributed by atoms with Gasteiger partial charge < -0.3 is 19.3 Å². The zero-order chi connectivity index (χ0) is 16.8. The van der Waals surface area contributed by atoms with Crippen molar-refractivity contribution in [3.63, 3.8) is 0 Å². The SMILES string of the molecule is COC(=O)CCC(=O)c1cc2cc(OC)c(OCCO)cc2s1. The Bertz CT molecular complexity index is 706. The van der Waals surface area contributed by atoms with Gasteiger partial charge in [0.05, 0.1) is 32.1 Å². The van der Waals surface area contributed by atoms with Gasteiger partial charge in [0.2, 0.25) is 0 Å². The number of rotatable bonds is 8. The van der Waals surface area contributed by atoms with Crippen molar-refractivity contribution in [1.82, 2.24) is 0 Å². The molecule has 0 aliphatic carbocycles. The van der Waals surface area contributed by atoms with E-state index < -0.39 is 5.97 Å². The third-order valence-corrected chi connectivity index (χ3v) is 4.35. The highest BCUT2D eigenvalue weighted by Crippen LogP contribution is 2.37. The van der Waals surface area contributed by atoms with Gasteiger partial charge in [-0.2, -0.15) is 0 Å². The lowest BCUT2D eigenvalue weighted by Gasteiger charge is -2.09. The zero-order valence-corrected chi connectivity index (χ0v) is 13.8. The van der Waals surface area contributed by atoms with Gasteiger partial charge in [0.15, 0.2) is 17.3 Å². The number of benzene rings is 1. The molecule has 1 heterocycles. The Balaban J connectivity index is 2.23. The summed E-state index contributed by atoms with van der Waals surface area (Å²) in [5.74, 6) is 0.552. The van der Waals surface area contributed by atoms with Gasteiger partial charge in [0.25, 0.3) is 0 Å². The summed E-state index contributed by atoms with van der Waals surface area (Å²) in [4.78, 5) is 23.9. The monoisotopic (exact) mass is 338 g/mol. The topological polar surface area (TPSA) is 82.1 Å². The molecule has 0 fully saturated rings. The van der Waals surface area contributed by atoms with Gasteiger partial charge in [-0.1, -0.05) is 0 Å². The number of carbonyl (C=O) groups is 2. The first-order chi connectivity index (χ1) is 11.1. The molecule has 2 rings (SSSR count). The maximum Gasteiger partial charge on any atom is 0.305 e. The summed E-state index contributed by atoms with van der Waals surface area (Å²) in [5, 5.41) is 9.73. The smallest absolute Gasteiger partial charge is 0.305 e. The van der Waals surface area contributed by atoms with E-state index in [0.29, 0.717) is 16.4 Å². The van der Waals surface area contributed by atoms with Gasteiger partial charge in [-0.15, -0.1) is 11.3 Å². The Labute approximate surface area is 137 Å². The van der Waals surface area contributed by atoms with Crippen molar-refractivity contribution in [2.24, 2.45) is 0 Å². The summed E-state index contributed by atoms with van der Waals surface area (Å²) in [5.41, 5.74) is 0. The first kappa shape index (κ1) is 17.2. The van der Waals surface area contributed by atoms with Crippen molar-refractivity contribution in [1.29, 1.82) is 0 Å². The fourth-order valence-electron chi connectivity index (χ4n) is 2.05. The van der Waals surface area contributed by atoms with Crippen molar-refractivity contribution in [2.75, 3.05) is 27.4 Å². The van der Waals surface area contributed by atoms with Crippen LogP contribution < -0.4 is 9.47 Å². The Morgan fingerprint density at radius 3 is 2.57 bits per heavy atom. The van der Waals surface area contributed by atoms with Crippen molar-refractivity contribution in [2.45, 2.75) is 12.8 Å². The third kappa shape index (κ3) is 4.20. The lowest BCUT2D eigenvalue weighted by molar-refractivity contribution is -0.140. The molecule has 23 heavy (non-hydrogen) atoms. The lowest BCUT2D eigenvalue weighted by Crippen LogP contribution is -2.04. The van der Waals surface area contributed by atoms with Crippen LogP contribution in [0.4, 0.5) is 0 Å². The number of Topliss-reactive ketones (excluding diaryl/α,β-unsaturated/α-hetero) is 1. The normalized spacial score (nSPS) is 10.6. The van der Waals surface area contributed by atoms with Crippen LogP contribution in [0, 0.1) is 0 Å². The van der Waals surface area contributed by atoms with E-state index >= 15 is 0 Å². The number of esters is 1. The van der Waals surface area contributed by atoms with E-state index in [4.69, 9.17) is 14.6 Å². The minimum absolute atomic E-state index is 0.0672. The second kappa shape index (κ2) is 7.94. The molecule has 2 aromatic rings. The molecule has 0 aliphatic heterocycles. The lowest BCUT2D eigenvalue weighted by atomic mass is 10.1. The van der Waals surface area contributed by atoms with Crippen LogP contribution in [0.2, 0.25) is 0 Å². The Morgan fingerprint density at radius 1 is 1.13 bits per heavy atom. The molecule has 1 aromatic carbocycles. The molecule has 0 atom stereocenters. The van der Waals surface area contributed by atoms with E-state index in [-0.39, 0.29) is 31.8 Å². The van der Waals surface area contributed by atoms with E-state index in [0.717, 1.165) is 10.1 Å². The maximum absolute atomic E-state index is 12.2. The molecule has 124 valence electrons. The van der Waals surface area contributed by atoms with Gasteiger partial charge in [-0.25, -0.2) is 0 Å². The molecule has 1 N–H and O–H groups in total. The number of fused-ring (bicyclic) bond motifs is 1. The fraction of sp³-hybridized carbons (Fsp3) is 0.375. The van der Waals surface area contributed by atoms with Gasteiger partial charge in [0, 0.05) is 17.2 Å². The highest BCUT2D eigenvalue weighted by Gasteiger charge is 2.15. The molecule has 0 aliphatic rings. The van der Waals surface area contributed by atoms with Crippen LogP contribution in [0.15, 0.2) is 18.2 Å². The molecule has 6 nitrogen and oxygen atoms in total.